The van der Waals surface area contributed by atoms with Crippen molar-refractivity contribution in [2.45, 2.75) is 18.7 Å². The van der Waals surface area contributed by atoms with Gasteiger partial charge in [-0.25, -0.2) is 4.39 Å². The zero-order chi connectivity index (χ0) is 14.2. The third-order valence-electron chi connectivity index (χ3n) is 3.07. The van der Waals surface area contributed by atoms with Crippen LogP contribution in [0.3, 0.4) is 0 Å². The Balaban J connectivity index is 2.53. The van der Waals surface area contributed by atoms with Crippen LogP contribution in [0.25, 0.3) is 0 Å². The van der Waals surface area contributed by atoms with Crippen molar-refractivity contribution in [3.63, 3.8) is 0 Å². The molecule has 0 amide bonds. The molecule has 19 heavy (non-hydrogen) atoms. The standard InChI is InChI=1S/C15H12Br3F/c1-8-7-12(16)9(2)6-11(8)14(17)10-4-3-5-13(19)15(10)18/h3-7,14H,1-2H3. The zero-order valence-corrected chi connectivity index (χ0v) is 15.2. The van der Waals surface area contributed by atoms with Gasteiger partial charge in [0.15, 0.2) is 0 Å². The Kier molecular flexibility index (Phi) is 4.85. The summed E-state index contributed by atoms with van der Waals surface area (Å²) < 4.78 is 15.2. The normalized spacial score (nSPS) is 12.5. The number of alkyl halides is 1. The van der Waals surface area contributed by atoms with Gasteiger partial charge in [0.2, 0.25) is 0 Å². The summed E-state index contributed by atoms with van der Waals surface area (Å²) in [4.78, 5) is -0.0376. The van der Waals surface area contributed by atoms with E-state index in [1.54, 1.807) is 6.07 Å². The van der Waals surface area contributed by atoms with Crippen LogP contribution in [0, 0.1) is 19.7 Å². The molecule has 1 unspecified atom stereocenters. The first-order valence-electron chi connectivity index (χ1n) is 5.76. The molecule has 0 aromatic heterocycles. The van der Waals surface area contributed by atoms with Crippen molar-refractivity contribution in [1.82, 2.24) is 0 Å². The Morgan fingerprint density at radius 2 is 1.68 bits per heavy atom. The maximum Gasteiger partial charge on any atom is 0.137 e. The topological polar surface area (TPSA) is 0 Å². The van der Waals surface area contributed by atoms with Crippen LogP contribution in [0.1, 0.15) is 27.1 Å². The summed E-state index contributed by atoms with van der Waals surface area (Å²) in [5.74, 6) is -0.242. The van der Waals surface area contributed by atoms with Crippen LogP contribution in [0.2, 0.25) is 0 Å². The number of benzene rings is 2. The quantitative estimate of drug-likeness (QED) is 0.461. The van der Waals surface area contributed by atoms with Crippen LogP contribution < -0.4 is 0 Å². The highest BCUT2D eigenvalue weighted by Gasteiger charge is 2.18. The van der Waals surface area contributed by atoms with Crippen LogP contribution in [0.15, 0.2) is 39.3 Å². The lowest BCUT2D eigenvalue weighted by Gasteiger charge is -2.17. The van der Waals surface area contributed by atoms with E-state index in [1.807, 2.05) is 13.0 Å². The molecule has 0 N–H and O–H groups in total. The van der Waals surface area contributed by atoms with Gasteiger partial charge in [0, 0.05) is 4.47 Å². The molecule has 0 aliphatic carbocycles. The van der Waals surface area contributed by atoms with E-state index in [1.165, 1.54) is 6.07 Å². The smallest absolute Gasteiger partial charge is 0.137 e. The fourth-order valence-electron chi connectivity index (χ4n) is 1.96. The second-order valence-electron chi connectivity index (χ2n) is 4.46. The average Bonchev–Trinajstić information content (AvgIpc) is 2.36. The highest BCUT2D eigenvalue weighted by Crippen LogP contribution is 2.39. The molecule has 0 nitrogen and oxygen atoms in total. The lowest BCUT2D eigenvalue weighted by Crippen LogP contribution is -1.99. The van der Waals surface area contributed by atoms with Gasteiger partial charge in [-0.2, -0.15) is 0 Å². The van der Waals surface area contributed by atoms with Gasteiger partial charge in [0.05, 0.1) is 9.30 Å². The Bertz CT molecular complexity index is 623. The number of halogens is 4. The number of rotatable bonds is 2. The summed E-state index contributed by atoms with van der Waals surface area (Å²) in [6.45, 7) is 4.11. The van der Waals surface area contributed by atoms with Crippen LogP contribution >= 0.6 is 47.8 Å². The van der Waals surface area contributed by atoms with Crippen LogP contribution in [0.4, 0.5) is 4.39 Å². The molecule has 0 aliphatic rings. The van der Waals surface area contributed by atoms with E-state index in [4.69, 9.17) is 0 Å². The van der Waals surface area contributed by atoms with E-state index in [-0.39, 0.29) is 10.6 Å². The first-order valence-corrected chi connectivity index (χ1v) is 8.26. The van der Waals surface area contributed by atoms with Crippen molar-refractivity contribution < 1.29 is 4.39 Å². The summed E-state index contributed by atoms with van der Waals surface area (Å²) in [5.41, 5.74) is 4.37. The minimum Gasteiger partial charge on any atom is -0.206 e. The molecule has 0 aliphatic heterocycles. The van der Waals surface area contributed by atoms with Gasteiger partial charge in [-0.15, -0.1) is 0 Å². The largest absolute Gasteiger partial charge is 0.206 e. The molecule has 0 saturated heterocycles. The third kappa shape index (κ3) is 3.11. The molecule has 0 fully saturated rings. The Labute approximate surface area is 137 Å². The van der Waals surface area contributed by atoms with Gasteiger partial charge in [-0.05, 0) is 64.2 Å². The summed E-state index contributed by atoms with van der Waals surface area (Å²) in [5, 5.41) is 0. The minimum absolute atomic E-state index is 0.0376. The fraction of sp³-hybridized carbons (Fsp3) is 0.200. The molecule has 100 valence electrons. The molecule has 1 atom stereocenters. The first kappa shape index (κ1) is 15.2. The van der Waals surface area contributed by atoms with E-state index in [0.29, 0.717) is 4.47 Å². The van der Waals surface area contributed by atoms with Crippen molar-refractivity contribution >= 4 is 47.8 Å². The molecule has 4 heteroatoms. The molecular weight excluding hydrogens is 439 g/mol. The van der Waals surface area contributed by atoms with Crippen molar-refractivity contribution in [1.29, 1.82) is 0 Å². The highest BCUT2D eigenvalue weighted by molar-refractivity contribution is 9.11. The molecule has 2 aromatic carbocycles. The molecule has 0 bridgehead atoms. The molecule has 0 heterocycles. The van der Waals surface area contributed by atoms with Crippen LogP contribution in [0.5, 0.6) is 0 Å². The van der Waals surface area contributed by atoms with Crippen molar-refractivity contribution in [2.24, 2.45) is 0 Å². The summed E-state index contributed by atoms with van der Waals surface area (Å²) in [6.07, 6.45) is 0. The van der Waals surface area contributed by atoms with E-state index >= 15 is 0 Å². The van der Waals surface area contributed by atoms with Crippen LogP contribution in [-0.2, 0) is 0 Å². The lowest BCUT2D eigenvalue weighted by atomic mass is 9.98. The van der Waals surface area contributed by atoms with Gasteiger partial charge in [-0.3, -0.25) is 0 Å². The summed E-state index contributed by atoms with van der Waals surface area (Å²) in [6, 6.07) is 9.31. The second kappa shape index (κ2) is 6.06. The lowest BCUT2D eigenvalue weighted by molar-refractivity contribution is 0.618. The van der Waals surface area contributed by atoms with Gasteiger partial charge in [0.1, 0.15) is 5.82 Å². The Morgan fingerprint density at radius 3 is 2.37 bits per heavy atom. The molecule has 0 spiro atoms. The van der Waals surface area contributed by atoms with E-state index in [0.717, 1.165) is 26.7 Å². The monoisotopic (exact) mass is 448 g/mol. The highest BCUT2D eigenvalue weighted by atomic mass is 79.9. The predicted molar refractivity (Wildman–Crippen MR) is 88.5 cm³/mol. The Hall–Kier alpha value is -0.190. The fourth-order valence-corrected chi connectivity index (χ4v) is 4.09. The third-order valence-corrected chi connectivity index (χ3v) is 5.75. The van der Waals surface area contributed by atoms with Crippen molar-refractivity contribution in [3.8, 4) is 0 Å². The SMILES string of the molecule is Cc1cc(C(Br)c2cccc(F)c2Br)c(C)cc1Br. The van der Waals surface area contributed by atoms with Gasteiger partial charge >= 0.3 is 0 Å². The molecule has 0 saturated carbocycles. The maximum atomic E-state index is 13.6. The van der Waals surface area contributed by atoms with Gasteiger partial charge < -0.3 is 0 Å². The van der Waals surface area contributed by atoms with Crippen molar-refractivity contribution in [2.75, 3.05) is 0 Å². The number of aryl methyl sites for hydroxylation is 2. The zero-order valence-electron chi connectivity index (χ0n) is 10.5. The summed E-state index contributed by atoms with van der Waals surface area (Å²) in [7, 11) is 0. The van der Waals surface area contributed by atoms with Crippen molar-refractivity contribution in [3.05, 3.63) is 67.3 Å². The predicted octanol–water partition coefficient (Wildman–Crippen LogP) is 6.45. The van der Waals surface area contributed by atoms with Gasteiger partial charge in [0.25, 0.3) is 0 Å². The molecule has 2 aromatic rings. The second-order valence-corrected chi connectivity index (χ2v) is 7.03. The molecule has 0 radical (unpaired) electrons. The maximum absolute atomic E-state index is 13.6. The molecular formula is C15H12Br3F. The van der Waals surface area contributed by atoms with E-state index < -0.39 is 0 Å². The number of hydrogen-bond acceptors (Lipinski definition) is 0. The molecule has 2 rings (SSSR count). The minimum atomic E-state index is -0.242. The Morgan fingerprint density at radius 1 is 1.00 bits per heavy atom. The van der Waals surface area contributed by atoms with E-state index in [2.05, 4.69) is 66.8 Å². The average molecular weight is 451 g/mol. The number of hydrogen-bond donors (Lipinski definition) is 0. The summed E-state index contributed by atoms with van der Waals surface area (Å²) >= 11 is 10.5. The van der Waals surface area contributed by atoms with Crippen LogP contribution in [-0.4, -0.2) is 0 Å². The first-order chi connectivity index (χ1) is 8.91. The van der Waals surface area contributed by atoms with Gasteiger partial charge in [-0.1, -0.05) is 50.1 Å². The van der Waals surface area contributed by atoms with E-state index in [9.17, 15) is 4.39 Å².